The molecule has 2 heterocycles. The predicted molar refractivity (Wildman–Crippen MR) is 127 cm³/mol. The molecule has 7 nitrogen and oxygen atoms in total. The van der Waals surface area contributed by atoms with E-state index in [0.29, 0.717) is 19.1 Å². The fourth-order valence-corrected chi connectivity index (χ4v) is 3.75. The van der Waals surface area contributed by atoms with Gasteiger partial charge in [0.1, 0.15) is 17.3 Å². The SMILES string of the molecule is Cc1nc(CNC(=NCC(=O)N(C)C)NC2CCOc3ccccc32)sc1C.I. The number of benzene rings is 1. The number of halogens is 1. The number of thiazole rings is 1. The largest absolute Gasteiger partial charge is 0.493 e. The third-order valence-corrected chi connectivity index (χ3v) is 5.69. The van der Waals surface area contributed by atoms with Crippen LogP contribution in [-0.4, -0.2) is 49.0 Å². The third-order valence-electron chi connectivity index (χ3n) is 4.62. The molecule has 1 amide bonds. The second-order valence-corrected chi connectivity index (χ2v) is 8.22. The van der Waals surface area contributed by atoms with E-state index in [1.54, 1.807) is 30.3 Å². The van der Waals surface area contributed by atoms with E-state index in [-0.39, 0.29) is 42.5 Å². The lowest BCUT2D eigenvalue weighted by molar-refractivity contribution is -0.127. The molecule has 0 saturated carbocycles. The molecule has 1 aromatic carbocycles. The maximum atomic E-state index is 12.0. The molecule has 2 aromatic rings. The first kappa shape index (κ1) is 23.4. The van der Waals surface area contributed by atoms with E-state index in [9.17, 15) is 4.79 Å². The molecule has 1 aromatic heterocycles. The monoisotopic (exact) mass is 529 g/mol. The molecule has 1 aliphatic rings. The summed E-state index contributed by atoms with van der Waals surface area (Å²) in [5.74, 6) is 1.44. The number of amides is 1. The number of para-hydroxylation sites is 1. The topological polar surface area (TPSA) is 78.9 Å². The predicted octanol–water partition coefficient (Wildman–Crippen LogP) is 3.03. The van der Waals surface area contributed by atoms with Crippen molar-refractivity contribution < 1.29 is 9.53 Å². The van der Waals surface area contributed by atoms with Gasteiger partial charge in [0.15, 0.2) is 5.96 Å². The van der Waals surface area contributed by atoms with Crippen molar-refractivity contribution in [2.24, 2.45) is 4.99 Å². The van der Waals surface area contributed by atoms with Crippen LogP contribution in [0, 0.1) is 13.8 Å². The van der Waals surface area contributed by atoms with Gasteiger partial charge in [-0.25, -0.2) is 9.98 Å². The number of hydrogen-bond donors (Lipinski definition) is 2. The minimum atomic E-state index is -0.0468. The highest BCUT2D eigenvalue weighted by Crippen LogP contribution is 2.31. The number of carbonyl (C=O) groups is 1. The lowest BCUT2D eigenvalue weighted by atomic mass is 10.0. The number of rotatable bonds is 5. The van der Waals surface area contributed by atoms with E-state index in [4.69, 9.17) is 4.74 Å². The Morgan fingerprint density at radius 2 is 2.10 bits per heavy atom. The van der Waals surface area contributed by atoms with Gasteiger partial charge in [0, 0.05) is 31.0 Å². The van der Waals surface area contributed by atoms with Crippen molar-refractivity contribution in [3.63, 3.8) is 0 Å². The second-order valence-electron chi connectivity index (χ2n) is 6.93. The van der Waals surface area contributed by atoms with E-state index < -0.39 is 0 Å². The van der Waals surface area contributed by atoms with Gasteiger partial charge in [-0.2, -0.15) is 0 Å². The zero-order valence-electron chi connectivity index (χ0n) is 17.2. The number of guanidine groups is 1. The van der Waals surface area contributed by atoms with Crippen molar-refractivity contribution in [1.29, 1.82) is 0 Å². The molecular weight excluding hydrogens is 501 g/mol. The van der Waals surface area contributed by atoms with Gasteiger partial charge in [-0.05, 0) is 19.9 Å². The highest BCUT2D eigenvalue weighted by molar-refractivity contribution is 14.0. The Bertz CT molecular complexity index is 849. The fourth-order valence-electron chi connectivity index (χ4n) is 2.87. The van der Waals surface area contributed by atoms with Gasteiger partial charge >= 0.3 is 0 Å². The van der Waals surface area contributed by atoms with Gasteiger partial charge in [0.25, 0.3) is 0 Å². The van der Waals surface area contributed by atoms with Crippen molar-refractivity contribution in [2.45, 2.75) is 32.9 Å². The summed E-state index contributed by atoms with van der Waals surface area (Å²) in [4.78, 5) is 23.8. The molecule has 3 rings (SSSR count). The number of nitrogens with zero attached hydrogens (tertiary/aromatic N) is 3. The number of aryl methyl sites for hydroxylation is 2. The maximum absolute atomic E-state index is 12.0. The summed E-state index contributed by atoms with van der Waals surface area (Å²) in [6.07, 6.45) is 0.828. The van der Waals surface area contributed by atoms with Crippen molar-refractivity contribution in [3.05, 3.63) is 45.4 Å². The van der Waals surface area contributed by atoms with Crippen LogP contribution in [0.4, 0.5) is 0 Å². The lowest BCUT2D eigenvalue weighted by Gasteiger charge is -2.28. The normalized spacial score (nSPS) is 15.6. The number of fused-ring (bicyclic) bond motifs is 1. The van der Waals surface area contributed by atoms with Crippen LogP contribution >= 0.6 is 35.3 Å². The number of aliphatic imine (C=N–C) groups is 1. The van der Waals surface area contributed by atoms with Crippen molar-refractivity contribution in [2.75, 3.05) is 27.2 Å². The van der Waals surface area contributed by atoms with Gasteiger partial charge in [-0.3, -0.25) is 4.79 Å². The molecule has 0 fully saturated rings. The summed E-state index contributed by atoms with van der Waals surface area (Å²) < 4.78 is 5.74. The Balaban J connectivity index is 0.00000300. The fraction of sp³-hybridized carbons (Fsp3) is 0.450. The zero-order chi connectivity index (χ0) is 20.1. The van der Waals surface area contributed by atoms with Gasteiger partial charge in [0.2, 0.25) is 5.91 Å². The van der Waals surface area contributed by atoms with E-state index in [1.165, 1.54) is 4.88 Å². The quantitative estimate of drug-likeness (QED) is 0.354. The molecule has 9 heteroatoms. The molecule has 1 aliphatic heterocycles. The van der Waals surface area contributed by atoms with Crippen LogP contribution in [-0.2, 0) is 11.3 Å². The number of hydrogen-bond acceptors (Lipinski definition) is 5. The summed E-state index contributed by atoms with van der Waals surface area (Å²) in [6, 6.07) is 8.08. The van der Waals surface area contributed by atoms with Crippen molar-refractivity contribution >= 4 is 47.2 Å². The van der Waals surface area contributed by atoms with E-state index in [2.05, 4.69) is 33.6 Å². The first-order valence-corrected chi connectivity index (χ1v) is 10.2. The summed E-state index contributed by atoms with van der Waals surface area (Å²) in [7, 11) is 3.46. The average Bonchev–Trinajstić information content (AvgIpc) is 3.01. The van der Waals surface area contributed by atoms with Gasteiger partial charge in [-0.1, -0.05) is 18.2 Å². The molecular formula is C20H28IN5O2S. The van der Waals surface area contributed by atoms with Crippen LogP contribution in [0.3, 0.4) is 0 Å². The Kier molecular flexibility index (Phi) is 8.69. The molecule has 0 spiro atoms. The molecule has 1 atom stereocenters. The molecule has 158 valence electrons. The van der Waals surface area contributed by atoms with Gasteiger partial charge in [-0.15, -0.1) is 35.3 Å². The summed E-state index contributed by atoms with van der Waals surface area (Å²) >= 11 is 1.67. The minimum Gasteiger partial charge on any atom is -0.493 e. The van der Waals surface area contributed by atoms with Crippen LogP contribution in [0.1, 0.15) is 33.6 Å². The number of nitrogens with one attached hydrogen (secondary N) is 2. The highest BCUT2D eigenvalue weighted by Gasteiger charge is 2.22. The minimum absolute atomic E-state index is 0. The Hall–Kier alpha value is -1.88. The summed E-state index contributed by atoms with van der Waals surface area (Å²) in [6.45, 7) is 5.37. The van der Waals surface area contributed by atoms with Crippen LogP contribution in [0.5, 0.6) is 5.75 Å². The first-order valence-electron chi connectivity index (χ1n) is 9.33. The molecule has 0 bridgehead atoms. The Labute approximate surface area is 193 Å². The number of carbonyl (C=O) groups excluding carboxylic acids is 1. The number of ether oxygens (including phenoxy) is 1. The van der Waals surface area contributed by atoms with E-state index in [0.717, 1.165) is 28.4 Å². The highest BCUT2D eigenvalue weighted by atomic mass is 127. The molecule has 29 heavy (non-hydrogen) atoms. The van der Waals surface area contributed by atoms with Crippen LogP contribution in [0.2, 0.25) is 0 Å². The van der Waals surface area contributed by atoms with Crippen LogP contribution in [0.15, 0.2) is 29.3 Å². The Morgan fingerprint density at radius 3 is 2.79 bits per heavy atom. The number of aromatic nitrogens is 1. The van der Waals surface area contributed by atoms with Crippen molar-refractivity contribution in [1.82, 2.24) is 20.5 Å². The van der Waals surface area contributed by atoms with Gasteiger partial charge in [0.05, 0.1) is 24.9 Å². The lowest BCUT2D eigenvalue weighted by Crippen LogP contribution is -2.41. The molecule has 0 saturated heterocycles. The molecule has 0 aliphatic carbocycles. The van der Waals surface area contributed by atoms with Gasteiger partial charge < -0.3 is 20.3 Å². The average molecular weight is 529 g/mol. The Morgan fingerprint density at radius 1 is 1.34 bits per heavy atom. The maximum Gasteiger partial charge on any atom is 0.243 e. The zero-order valence-corrected chi connectivity index (χ0v) is 20.3. The van der Waals surface area contributed by atoms with Crippen molar-refractivity contribution in [3.8, 4) is 5.75 Å². The third kappa shape index (κ3) is 6.30. The van der Waals surface area contributed by atoms with E-state index in [1.807, 2.05) is 25.1 Å². The van der Waals surface area contributed by atoms with Crippen LogP contribution < -0.4 is 15.4 Å². The summed E-state index contributed by atoms with van der Waals surface area (Å²) in [5.41, 5.74) is 2.15. The number of likely N-dealkylation sites (N-methyl/N-ethyl adjacent to an activating group) is 1. The smallest absolute Gasteiger partial charge is 0.243 e. The summed E-state index contributed by atoms with van der Waals surface area (Å²) in [5, 5.41) is 7.78. The molecule has 1 unspecified atom stereocenters. The van der Waals surface area contributed by atoms with Crippen LogP contribution in [0.25, 0.3) is 0 Å². The standard InChI is InChI=1S/C20H27N5O2S.HI/c1-13-14(2)28-18(23-13)11-21-20(22-12-19(26)25(3)4)24-16-9-10-27-17-8-6-5-7-15(16)17;/h5-8,16H,9-12H2,1-4H3,(H2,21,22,24);1H. The molecule has 2 N–H and O–H groups in total. The second kappa shape index (κ2) is 10.8. The molecule has 0 radical (unpaired) electrons. The van der Waals surface area contributed by atoms with E-state index >= 15 is 0 Å². The first-order chi connectivity index (χ1) is 13.4.